The minimum atomic E-state index is 0.350. The highest BCUT2D eigenvalue weighted by Crippen LogP contribution is 2.28. The van der Waals surface area contributed by atoms with Gasteiger partial charge >= 0.3 is 0 Å². The zero-order valence-corrected chi connectivity index (χ0v) is 19.0. The van der Waals surface area contributed by atoms with Crippen molar-refractivity contribution in [2.45, 2.75) is 62.3 Å². The number of aromatic hydroxyl groups is 1. The number of anilines is 1. The summed E-state index contributed by atoms with van der Waals surface area (Å²) in [5, 5.41) is 9.66. The number of rotatable bonds is 6. The van der Waals surface area contributed by atoms with Gasteiger partial charge < -0.3 is 10.0 Å². The highest BCUT2D eigenvalue weighted by atomic mass is 32.2. The van der Waals surface area contributed by atoms with Crippen molar-refractivity contribution in [2.24, 2.45) is 0 Å². The zero-order chi connectivity index (χ0) is 20.6. The number of phenolic OH excluding ortho intramolecular Hbond substituents is 1. The second-order valence-electron chi connectivity index (χ2n) is 8.75. The molecule has 30 heavy (non-hydrogen) atoms. The first-order valence-corrected chi connectivity index (χ1v) is 12.8. The molecule has 2 aromatic rings. The molecule has 1 saturated heterocycles. The lowest BCUT2D eigenvalue weighted by atomic mass is 9.95. The summed E-state index contributed by atoms with van der Waals surface area (Å²) >= 11 is 1.82. The van der Waals surface area contributed by atoms with Crippen molar-refractivity contribution in [1.82, 2.24) is 4.90 Å². The quantitative estimate of drug-likeness (QED) is 0.579. The van der Waals surface area contributed by atoms with Crippen LogP contribution in [-0.2, 0) is 6.42 Å². The molecule has 0 spiro atoms. The highest BCUT2D eigenvalue weighted by Gasteiger charge is 2.25. The maximum atomic E-state index is 9.66. The predicted octanol–water partition coefficient (Wildman–Crippen LogP) is 5.96. The Morgan fingerprint density at radius 2 is 1.57 bits per heavy atom. The van der Waals surface area contributed by atoms with Crippen molar-refractivity contribution >= 4 is 17.4 Å². The second-order valence-corrected chi connectivity index (χ2v) is 9.91. The first-order chi connectivity index (χ1) is 14.8. The minimum Gasteiger partial charge on any atom is -0.508 e. The fraction of sp³-hybridized carbons (Fsp3) is 0.538. The van der Waals surface area contributed by atoms with E-state index in [1.165, 1.54) is 69.3 Å². The van der Waals surface area contributed by atoms with Gasteiger partial charge in [-0.1, -0.05) is 56.4 Å². The van der Waals surface area contributed by atoms with E-state index in [1.54, 1.807) is 6.07 Å². The average Bonchev–Trinajstić information content (AvgIpc) is 2.74. The third kappa shape index (κ3) is 5.95. The summed E-state index contributed by atoms with van der Waals surface area (Å²) in [6, 6.07) is 17.3. The molecule has 0 aromatic heterocycles. The van der Waals surface area contributed by atoms with Gasteiger partial charge in [-0.2, -0.15) is 0 Å². The van der Waals surface area contributed by atoms with Gasteiger partial charge in [0.05, 0.1) is 0 Å². The Kier molecular flexibility index (Phi) is 7.99. The number of phenols is 1. The first-order valence-electron chi connectivity index (χ1n) is 11.8. The van der Waals surface area contributed by atoms with Gasteiger partial charge in [0.15, 0.2) is 0 Å². The Labute approximate surface area is 186 Å². The normalized spacial score (nSPS) is 19.4. The SMILES string of the molecule is Oc1cccc(SCCc2ccccc2N2CCN(C3CCCCCCC3)CC2)c1. The fourth-order valence-corrected chi connectivity index (χ4v) is 5.95. The molecule has 4 heteroatoms. The van der Waals surface area contributed by atoms with Gasteiger partial charge in [0.2, 0.25) is 0 Å². The molecular formula is C26H36N2OS. The molecule has 1 aliphatic heterocycles. The molecule has 4 rings (SSSR count). The van der Waals surface area contributed by atoms with Crippen LogP contribution in [0.1, 0.15) is 50.5 Å². The molecule has 1 heterocycles. The van der Waals surface area contributed by atoms with E-state index in [1.807, 2.05) is 23.9 Å². The Balaban J connectivity index is 1.31. The minimum absolute atomic E-state index is 0.350. The number of thioether (sulfide) groups is 1. The van der Waals surface area contributed by atoms with Crippen LogP contribution in [0.5, 0.6) is 5.75 Å². The van der Waals surface area contributed by atoms with Crippen molar-refractivity contribution in [1.29, 1.82) is 0 Å². The van der Waals surface area contributed by atoms with Crippen LogP contribution in [0.3, 0.4) is 0 Å². The highest BCUT2D eigenvalue weighted by molar-refractivity contribution is 7.99. The van der Waals surface area contributed by atoms with Gasteiger partial charge in [0.25, 0.3) is 0 Å². The maximum absolute atomic E-state index is 9.66. The Bertz CT molecular complexity index is 780. The molecule has 0 amide bonds. The van der Waals surface area contributed by atoms with Crippen molar-refractivity contribution < 1.29 is 5.11 Å². The lowest BCUT2D eigenvalue weighted by Gasteiger charge is -2.41. The molecule has 1 saturated carbocycles. The lowest BCUT2D eigenvalue weighted by molar-refractivity contribution is 0.157. The van der Waals surface area contributed by atoms with Gasteiger partial charge in [0, 0.05) is 48.6 Å². The van der Waals surface area contributed by atoms with E-state index >= 15 is 0 Å². The van der Waals surface area contributed by atoms with E-state index in [0.717, 1.165) is 36.2 Å². The molecule has 0 bridgehead atoms. The third-order valence-corrected chi connectivity index (χ3v) is 7.69. The molecule has 1 aliphatic carbocycles. The standard InChI is InChI=1S/C26H36N2OS/c29-24-12-8-13-25(21-24)30-20-15-22-9-6-7-14-26(22)28-18-16-27(17-19-28)23-10-4-2-1-3-5-11-23/h6-9,12-14,21,23,29H,1-5,10-11,15-20H2. The molecule has 0 atom stereocenters. The summed E-state index contributed by atoms with van der Waals surface area (Å²) < 4.78 is 0. The number of hydrogen-bond acceptors (Lipinski definition) is 4. The molecule has 162 valence electrons. The smallest absolute Gasteiger partial charge is 0.116 e. The van der Waals surface area contributed by atoms with Crippen LogP contribution in [0.15, 0.2) is 53.4 Å². The van der Waals surface area contributed by atoms with E-state index in [-0.39, 0.29) is 0 Å². The summed E-state index contributed by atoms with van der Waals surface area (Å²) in [6.45, 7) is 4.70. The summed E-state index contributed by atoms with van der Waals surface area (Å²) in [4.78, 5) is 6.52. The van der Waals surface area contributed by atoms with Crippen LogP contribution >= 0.6 is 11.8 Å². The maximum Gasteiger partial charge on any atom is 0.116 e. The molecule has 2 aliphatic rings. The van der Waals surface area contributed by atoms with Crippen LogP contribution in [0, 0.1) is 0 Å². The number of hydrogen-bond donors (Lipinski definition) is 1. The lowest BCUT2D eigenvalue weighted by Crippen LogP contribution is -2.50. The van der Waals surface area contributed by atoms with Crippen LogP contribution in [0.25, 0.3) is 0 Å². The Morgan fingerprint density at radius 1 is 0.833 bits per heavy atom. The van der Waals surface area contributed by atoms with E-state index in [0.29, 0.717) is 5.75 Å². The van der Waals surface area contributed by atoms with Gasteiger partial charge in [-0.15, -0.1) is 11.8 Å². The number of piperazine rings is 1. The van der Waals surface area contributed by atoms with E-state index in [4.69, 9.17) is 0 Å². The summed E-state index contributed by atoms with van der Waals surface area (Å²) in [6.07, 6.45) is 11.0. The van der Waals surface area contributed by atoms with Gasteiger partial charge in [-0.25, -0.2) is 0 Å². The topological polar surface area (TPSA) is 26.7 Å². The van der Waals surface area contributed by atoms with E-state index in [9.17, 15) is 5.11 Å². The molecule has 1 N–H and O–H groups in total. The van der Waals surface area contributed by atoms with Gasteiger partial charge in [-0.05, 0) is 49.1 Å². The van der Waals surface area contributed by atoms with Gasteiger partial charge in [-0.3, -0.25) is 4.90 Å². The number of aryl methyl sites for hydroxylation is 1. The number of para-hydroxylation sites is 1. The van der Waals surface area contributed by atoms with Crippen molar-refractivity contribution in [2.75, 3.05) is 36.8 Å². The predicted molar refractivity (Wildman–Crippen MR) is 129 cm³/mol. The van der Waals surface area contributed by atoms with E-state index in [2.05, 4.69) is 40.1 Å². The molecule has 0 unspecified atom stereocenters. The van der Waals surface area contributed by atoms with Crippen LogP contribution in [0.4, 0.5) is 5.69 Å². The zero-order valence-electron chi connectivity index (χ0n) is 18.1. The summed E-state index contributed by atoms with van der Waals surface area (Å²) in [7, 11) is 0. The average molecular weight is 425 g/mol. The van der Waals surface area contributed by atoms with Crippen LogP contribution in [-0.4, -0.2) is 48.0 Å². The largest absolute Gasteiger partial charge is 0.508 e. The van der Waals surface area contributed by atoms with Crippen LogP contribution in [0.2, 0.25) is 0 Å². The number of nitrogens with zero attached hydrogens (tertiary/aromatic N) is 2. The molecule has 0 radical (unpaired) electrons. The molecular weight excluding hydrogens is 388 g/mol. The van der Waals surface area contributed by atoms with E-state index < -0.39 is 0 Å². The third-order valence-electron chi connectivity index (χ3n) is 6.70. The Morgan fingerprint density at radius 3 is 2.33 bits per heavy atom. The summed E-state index contributed by atoms with van der Waals surface area (Å²) in [5.74, 6) is 1.38. The fourth-order valence-electron chi connectivity index (χ4n) is 5.01. The summed E-state index contributed by atoms with van der Waals surface area (Å²) in [5.41, 5.74) is 2.87. The van der Waals surface area contributed by atoms with Crippen molar-refractivity contribution in [3.63, 3.8) is 0 Å². The van der Waals surface area contributed by atoms with Crippen LogP contribution < -0.4 is 4.90 Å². The molecule has 3 nitrogen and oxygen atoms in total. The van der Waals surface area contributed by atoms with Crippen molar-refractivity contribution in [3.8, 4) is 5.75 Å². The molecule has 2 fully saturated rings. The Hall–Kier alpha value is -1.65. The first kappa shape index (κ1) is 21.6. The van der Waals surface area contributed by atoms with Crippen molar-refractivity contribution in [3.05, 3.63) is 54.1 Å². The monoisotopic (exact) mass is 424 g/mol. The molecule has 2 aromatic carbocycles. The van der Waals surface area contributed by atoms with Gasteiger partial charge in [0.1, 0.15) is 5.75 Å². The second kappa shape index (κ2) is 11.1. The number of benzene rings is 2.